The number of carbonyl (C=O) groups excluding carboxylic acids is 3. The summed E-state index contributed by atoms with van der Waals surface area (Å²) < 4.78 is 28.3. The van der Waals surface area contributed by atoms with Gasteiger partial charge in [-0.1, -0.05) is 191 Å². The van der Waals surface area contributed by atoms with Gasteiger partial charge in [0, 0.05) is 19.3 Å². The molecule has 0 aliphatic carbocycles. The van der Waals surface area contributed by atoms with Crippen LogP contribution in [0.25, 0.3) is 0 Å². The van der Waals surface area contributed by atoms with Gasteiger partial charge in [-0.2, -0.15) is 0 Å². The van der Waals surface area contributed by atoms with Crippen LogP contribution in [0.1, 0.15) is 239 Å². The minimum Gasteiger partial charge on any atom is -0.479 e. The number of esters is 3. The molecule has 0 bridgehead atoms. The maximum absolute atomic E-state index is 13.1. The van der Waals surface area contributed by atoms with E-state index in [1.807, 2.05) is 0 Å². The SMILES string of the molecule is CCCC/C=C\CCCCCCCC(=O)OC(COC(=O)CCCCCCCC/C=C\C/C=C\C/C=C\CCCCC)COC1OC(C(=O)O)C(O)C(O)C1OC(=O)CCCCCCCCCCC. The van der Waals surface area contributed by atoms with Gasteiger partial charge in [-0.25, -0.2) is 4.79 Å². The van der Waals surface area contributed by atoms with Crippen LogP contribution in [-0.2, 0) is 42.9 Å². The maximum Gasteiger partial charge on any atom is 0.335 e. The smallest absolute Gasteiger partial charge is 0.335 e. The van der Waals surface area contributed by atoms with Crippen LogP contribution in [0.3, 0.4) is 0 Å². The van der Waals surface area contributed by atoms with Gasteiger partial charge in [-0.05, 0) is 77.0 Å². The summed E-state index contributed by atoms with van der Waals surface area (Å²) in [7, 11) is 0. The van der Waals surface area contributed by atoms with Crippen molar-refractivity contribution in [2.45, 2.75) is 276 Å². The second-order valence-electron chi connectivity index (χ2n) is 18.9. The standard InChI is InChI=1S/C57H98O12/c1-4-7-10-13-16-19-21-22-23-24-25-26-27-28-30-32-34-37-40-43-49(58)65-46-48(67-50(59)44-41-38-36-33-29-20-17-14-11-8-5-2)47-66-57-55(53(62)52(61)54(69-57)56(63)64)68-51(60)45-42-39-35-31-18-15-12-9-6-3/h14,16-17,19,22-23,25-26,48,52-55,57,61-62H,4-13,15,18,20-21,24,27-47H2,1-3H3,(H,63,64)/b17-14-,19-16-,23-22-,26-25-. The number of ether oxygens (including phenoxy) is 5. The summed E-state index contributed by atoms with van der Waals surface area (Å²) in [5.41, 5.74) is 0. The number of aliphatic hydroxyl groups excluding tert-OH is 2. The quantitative estimate of drug-likeness (QED) is 0.0228. The number of carbonyl (C=O) groups is 4. The van der Waals surface area contributed by atoms with E-state index < -0.39 is 67.3 Å². The van der Waals surface area contributed by atoms with E-state index in [0.717, 1.165) is 116 Å². The molecule has 0 spiro atoms. The highest BCUT2D eigenvalue weighted by atomic mass is 16.7. The Bertz CT molecular complexity index is 1390. The molecule has 1 aliphatic heterocycles. The fraction of sp³-hybridized carbons (Fsp3) is 0.789. The van der Waals surface area contributed by atoms with Crippen molar-refractivity contribution in [3.8, 4) is 0 Å². The molecule has 0 aromatic carbocycles. The van der Waals surface area contributed by atoms with Crippen molar-refractivity contribution in [2.75, 3.05) is 13.2 Å². The van der Waals surface area contributed by atoms with Crippen molar-refractivity contribution < 1.29 is 58.2 Å². The first kappa shape index (κ1) is 63.7. The summed E-state index contributed by atoms with van der Waals surface area (Å²) in [6.07, 6.45) is 41.1. The summed E-state index contributed by atoms with van der Waals surface area (Å²) in [5, 5.41) is 31.3. The van der Waals surface area contributed by atoms with Crippen molar-refractivity contribution in [2.24, 2.45) is 0 Å². The molecule has 0 aromatic heterocycles. The number of allylic oxidation sites excluding steroid dienone is 8. The lowest BCUT2D eigenvalue weighted by atomic mass is 9.98. The molecule has 1 saturated heterocycles. The first-order valence-corrected chi connectivity index (χ1v) is 27.6. The number of carboxylic acid groups (broad SMARTS) is 1. The lowest BCUT2D eigenvalue weighted by Crippen LogP contribution is -2.61. The maximum atomic E-state index is 13.1. The molecule has 12 nitrogen and oxygen atoms in total. The van der Waals surface area contributed by atoms with Crippen LogP contribution in [0, 0.1) is 0 Å². The third-order valence-corrected chi connectivity index (χ3v) is 12.4. The van der Waals surface area contributed by atoms with E-state index in [-0.39, 0.29) is 25.9 Å². The van der Waals surface area contributed by atoms with Gasteiger partial charge >= 0.3 is 23.9 Å². The van der Waals surface area contributed by atoms with Crippen LogP contribution < -0.4 is 0 Å². The lowest BCUT2D eigenvalue weighted by molar-refractivity contribution is -0.301. The predicted octanol–water partition coefficient (Wildman–Crippen LogP) is 13.4. The third-order valence-electron chi connectivity index (χ3n) is 12.4. The summed E-state index contributed by atoms with van der Waals surface area (Å²) in [4.78, 5) is 50.8. The molecule has 1 rings (SSSR count). The van der Waals surface area contributed by atoms with Crippen molar-refractivity contribution in [3.05, 3.63) is 48.6 Å². The zero-order chi connectivity index (χ0) is 50.4. The van der Waals surface area contributed by atoms with Crippen molar-refractivity contribution in [1.29, 1.82) is 0 Å². The topological polar surface area (TPSA) is 175 Å². The van der Waals surface area contributed by atoms with Gasteiger partial charge in [-0.15, -0.1) is 0 Å². The summed E-state index contributed by atoms with van der Waals surface area (Å²) in [6, 6.07) is 0. The predicted molar refractivity (Wildman–Crippen MR) is 276 cm³/mol. The summed E-state index contributed by atoms with van der Waals surface area (Å²) in [5.74, 6) is -3.14. The minimum atomic E-state index is -1.90. The number of hydrogen-bond acceptors (Lipinski definition) is 11. The number of unbranched alkanes of at least 4 members (excludes halogenated alkanes) is 24. The Labute approximate surface area is 418 Å². The Balaban J connectivity index is 2.68. The molecule has 69 heavy (non-hydrogen) atoms. The Hall–Kier alpha value is -3.32. The zero-order valence-corrected chi connectivity index (χ0v) is 43.6. The molecule has 12 heteroatoms. The van der Waals surface area contributed by atoms with E-state index >= 15 is 0 Å². The molecular weight excluding hydrogens is 877 g/mol. The second kappa shape index (κ2) is 45.8. The molecule has 6 atom stereocenters. The van der Waals surface area contributed by atoms with E-state index in [1.54, 1.807) is 0 Å². The zero-order valence-electron chi connectivity index (χ0n) is 43.6. The van der Waals surface area contributed by atoms with Gasteiger partial charge in [0.25, 0.3) is 0 Å². The fourth-order valence-corrected chi connectivity index (χ4v) is 8.06. The van der Waals surface area contributed by atoms with Gasteiger partial charge in [0.1, 0.15) is 18.8 Å². The largest absolute Gasteiger partial charge is 0.479 e. The summed E-state index contributed by atoms with van der Waals surface area (Å²) in [6.45, 7) is 5.86. The molecule has 398 valence electrons. The van der Waals surface area contributed by atoms with Gasteiger partial charge in [0.05, 0.1) is 6.61 Å². The van der Waals surface area contributed by atoms with Gasteiger partial charge in [0.15, 0.2) is 24.6 Å². The average molecular weight is 975 g/mol. The first-order valence-electron chi connectivity index (χ1n) is 27.6. The highest BCUT2D eigenvalue weighted by Crippen LogP contribution is 2.26. The van der Waals surface area contributed by atoms with Crippen molar-refractivity contribution in [1.82, 2.24) is 0 Å². The number of carboxylic acids is 1. The first-order chi connectivity index (χ1) is 33.6. The van der Waals surface area contributed by atoms with Crippen LogP contribution >= 0.6 is 0 Å². The van der Waals surface area contributed by atoms with E-state index in [9.17, 15) is 34.5 Å². The Morgan fingerprint density at radius 2 is 0.884 bits per heavy atom. The highest BCUT2D eigenvalue weighted by molar-refractivity contribution is 5.74. The number of aliphatic hydroxyl groups is 2. The molecule has 0 amide bonds. The Kier molecular flexibility index (Phi) is 42.3. The molecule has 0 radical (unpaired) electrons. The van der Waals surface area contributed by atoms with Crippen LogP contribution in [0.15, 0.2) is 48.6 Å². The summed E-state index contributed by atoms with van der Waals surface area (Å²) >= 11 is 0. The number of aliphatic carboxylic acids is 1. The van der Waals surface area contributed by atoms with Crippen LogP contribution in [0.4, 0.5) is 0 Å². The van der Waals surface area contributed by atoms with Gasteiger partial charge in [0.2, 0.25) is 0 Å². The minimum absolute atomic E-state index is 0.0599. The molecule has 1 heterocycles. The molecule has 1 aliphatic rings. The van der Waals surface area contributed by atoms with E-state index in [2.05, 4.69) is 69.4 Å². The van der Waals surface area contributed by atoms with Gasteiger partial charge < -0.3 is 39.0 Å². The van der Waals surface area contributed by atoms with E-state index in [4.69, 9.17) is 23.7 Å². The monoisotopic (exact) mass is 975 g/mol. The number of rotatable bonds is 46. The lowest BCUT2D eigenvalue weighted by Gasteiger charge is -2.40. The van der Waals surface area contributed by atoms with E-state index in [1.165, 1.54) is 64.2 Å². The average Bonchev–Trinajstić information content (AvgIpc) is 3.33. The van der Waals surface area contributed by atoms with Crippen LogP contribution in [-0.4, -0.2) is 89.2 Å². The molecule has 0 saturated carbocycles. The van der Waals surface area contributed by atoms with Crippen molar-refractivity contribution >= 4 is 23.9 Å². The highest BCUT2D eigenvalue weighted by Gasteiger charge is 2.50. The van der Waals surface area contributed by atoms with E-state index in [0.29, 0.717) is 19.3 Å². The Morgan fingerprint density at radius 3 is 1.41 bits per heavy atom. The third kappa shape index (κ3) is 36.3. The van der Waals surface area contributed by atoms with Crippen LogP contribution in [0.2, 0.25) is 0 Å². The normalized spacial score (nSPS) is 19.0. The molecule has 1 fully saturated rings. The molecule has 0 aromatic rings. The molecule has 6 unspecified atom stereocenters. The fourth-order valence-electron chi connectivity index (χ4n) is 8.06. The molecular formula is C57H98O12. The second-order valence-corrected chi connectivity index (χ2v) is 18.9. The molecule has 3 N–H and O–H groups in total. The Morgan fingerprint density at radius 1 is 0.478 bits per heavy atom. The van der Waals surface area contributed by atoms with Gasteiger partial charge in [-0.3, -0.25) is 14.4 Å². The van der Waals surface area contributed by atoms with Crippen molar-refractivity contribution in [3.63, 3.8) is 0 Å². The van der Waals surface area contributed by atoms with Crippen LogP contribution in [0.5, 0.6) is 0 Å². The number of hydrogen-bond donors (Lipinski definition) is 3.